The number of methoxy groups -OCH3 is 1. The number of hydroxylamine groups is 2. The number of likely N-dealkylation sites (N-methyl/N-ethyl adjacent to an activating group) is 1. The van der Waals surface area contributed by atoms with E-state index in [-0.39, 0.29) is 18.5 Å². The second kappa shape index (κ2) is 14.2. The number of carbonyl (C=O) groups excluding carboxylic acids is 2. The molecule has 0 aliphatic carbocycles. The molecule has 0 N–H and O–H groups in total. The quantitative estimate of drug-likeness (QED) is 0.172. The summed E-state index contributed by atoms with van der Waals surface area (Å²) in [4.78, 5) is 40.9. The third-order valence-electron chi connectivity index (χ3n) is 6.50. The van der Waals surface area contributed by atoms with Gasteiger partial charge in [-0.05, 0) is 23.6 Å². The van der Waals surface area contributed by atoms with Gasteiger partial charge in [0.2, 0.25) is 12.0 Å². The third kappa shape index (κ3) is 7.09. The van der Waals surface area contributed by atoms with Crippen molar-refractivity contribution in [1.29, 1.82) is 0 Å². The van der Waals surface area contributed by atoms with E-state index in [1.807, 2.05) is 42.5 Å². The van der Waals surface area contributed by atoms with Gasteiger partial charge >= 0.3 is 12.0 Å². The van der Waals surface area contributed by atoms with E-state index >= 15 is 0 Å². The fraction of sp³-hybridized carbons (Fsp3) is 0.250. The Morgan fingerprint density at radius 1 is 0.857 bits per heavy atom. The molecule has 0 radical (unpaired) electrons. The lowest BCUT2D eigenvalue weighted by molar-refractivity contribution is -0.188. The molecule has 10 nitrogen and oxygen atoms in total. The van der Waals surface area contributed by atoms with Crippen molar-refractivity contribution < 1.29 is 33.4 Å². The Labute approximate surface area is 244 Å². The Hall–Kier alpha value is -4.80. The number of esters is 1. The number of aryl methyl sites for hydroxylation is 1. The van der Waals surface area contributed by atoms with Crippen molar-refractivity contribution in [3.63, 3.8) is 0 Å². The van der Waals surface area contributed by atoms with Crippen molar-refractivity contribution in [3.05, 3.63) is 119 Å². The van der Waals surface area contributed by atoms with E-state index in [1.165, 1.54) is 21.3 Å². The van der Waals surface area contributed by atoms with Crippen LogP contribution in [0.15, 0.2) is 97.1 Å². The Morgan fingerprint density at radius 2 is 1.43 bits per heavy atom. The fourth-order valence-electron chi connectivity index (χ4n) is 4.33. The first-order chi connectivity index (χ1) is 20.4. The van der Waals surface area contributed by atoms with Gasteiger partial charge in [0.25, 0.3) is 5.91 Å². The summed E-state index contributed by atoms with van der Waals surface area (Å²) in [5.41, 5.74) is 0.702. The van der Waals surface area contributed by atoms with Gasteiger partial charge in [-0.15, -0.1) is 0 Å². The fourth-order valence-corrected chi connectivity index (χ4v) is 4.33. The number of hydrogen-bond acceptors (Lipinski definition) is 9. The highest BCUT2D eigenvalue weighted by atomic mass is 16.7. The van der Waals surface area contributed by atoms with Crippen molar-refractivity contribution in [1.82, 2.24) is 15.0 Å². The summed E-state index contributed by atoms with van der Waals surface area (Å²) < 4.78 is 24.0. The molecule has 0 aliphatic rings. The predicted octanol–water partition coefficient (Wildman–Crippen LogP) is 4.26. The lowest BCUT2D eigenvalue weighted by atomic mass is 9.81. The van der Waals surface area contributed by atoms with Gasteiger partial charge in [-0.1, -0.05) is 91.0 Å². The molecule has 0 fully saturated rings. The minimum Gasteiger partial charge on any atom is -0.481 e. The van der Waals surface area contributed by atoms with E-state index in [4.69, 9.17) is 23.8 Å². The summed E-state index contributed by atoms with van der Waals surface area (Å²) in [6.07, 6.45) is -1.52. The summed E-state index contributed by atoms with van der Waals surface area (Å²) in [6.45, 7) is 1.26. The number of hydrogen-bond donors (Lipinski definition) is 0. The summed E-state index contributed by atoms with van der Waals surface area (Å²) in [5.74, 6) is -1.00. The molecule has 10 heteroatoms. The molecule has 0 spiro atoms. The van der Waals surface area contributed by atoms with E-state index in [0.29, 0.717) is 16.8 Å². The Morgan fingerprint density at radius 3 is 1.98 bits per heavy atom. The largest absolute Gasteiger partial charge is 0.481 e. The summed E-state index contributed by atoms with van der Waals surface area (Å²) in [7, 11) is 4.30. The van der Waals surface area contributed by atoms with Gasteiger partial charge in [0.05, 0.1) is 14.2 Å². The maximum Gasteiger partial charge on any atom is 0.351 e. The van der Waals surface area contributed by atoms with Gasteiger partial charge in [-0.3, -0.25) is 9.63 Å². The maximum absolute atomic E-state index is 14.2. The Balaban J connectivity index is 1.89. The van der Waals surface area contributed by atoms with Crippen LogP contribution in [0.3, 0.4) is 0 Å². The van der Waals surface area contributed by atoms with Crippen LogP contribution in [0.1, 0.15) is 22.4 Å². The molecule has 0 saturated carbocycles. The molecule has 4 aromatic rings. The molecule has 3 aromatic carbocycles. The van der Waals surface area contributed by atoms with Crippen molar-refractivity contribution in [2.75, 3.05) is 27.9 Å². The zero-order chi connectivity index (χ0) is 30.0. The average molecular weight is 572 g/mol. The number of benzene rings is 3. The molecule has 42 heavy (non-hydrogen) atoms. The first-order valence-corrected chi connectivity index (χ1v) is 13.2. The highest BCUT2D eigenvalue weighted by Crippen LogP contribution is 2.40. The molecule has 0 aliphatic heterocycles. The molecule has 1 atom stereocenters. The van der Waals surface area contributed by atoms with Crippen LogP contribution >= 0.6 is 0 Å². The maximum atomic E-state index is 14.2. The smallest absolute Gasteiger partial charge is 0.351 e. The highest BCUT2D eigenvalue weighted by Gasteiger charge is 2.51. The molecular weight excluding hydrogens is 538 g/mol. The molecule has 0 saturated heterocycles. The summed E-state index contributed by atoms with van der Waals surface area (Å²) >= 11 is 0. The van der Waals surface area contributed by atoms with Crippen molar-refractivity contribution in [2.24, 2.45) is 0 Å². The first kappa shape index (κ1) is 30.2. The summed E-state index contributed by atoms with van der Waals surface area (Å²) in [5, 5.41) is 1.04. The standard InChI is InChI=1S/C32H33N3O7/c1-23-20-27(38-3)34-31(33-23)42-29(30(37)40-21-24-14-8-5-9-15-24)32(25-16-10-6-11-17-25,26-18-12-7-13-19-26)41-22-28(36)35(2)39-4/h5-20,29H,21-22H2,1-4H3. The van der Waals surface area contributed by atoms with Gasteiger partial charge in [0.1, 0.15) is 13.2 Å². The molecule has 1 heterocycles. The Bertz CT molecular complexity index is 1410. The number of carbonyl (C=O) groups is 2. The van der Waals surface area contributed by atoms with E-state index in [2.05, 4.69) is 9.97 Å². The zero-order valence-corrected chi connectivity index (χ0v) is 23.9. The van der Waals surface area contributed by atoms with E-state index < -0.39 is 30.2 Å². The van der Waals surface area contributed by atoms with E-state index in [9.17, 15) is 9.59 Å². The first-order valence-electron chi connectivity index (χ1n) is 13.2. The van der Waals surface area contributed by atoms with Gasteiger partial charge < -0.3 is 18.9 Å². The number of rotatable bonds is 13. The minimum absolute atomic E-state index is 0.0253. The molecule has 1 unspecified atom stereocenters. The zero-order valence-electron chi connectivity index (χ0n) is 23.9. The number of aromatic nitrogens is 2. The minimum atomic E-state index is -1.69. The highest BCUT2D eigenvalue weighted by molar-refractivity contribution is 5.79. The summed E-state index contributed by atoms with van der Waals surface area (Å²) in [6, 6.07) is 28.8. The second-order valence-corrected chi connectivity index (χ2v) is 9.26. The monoisotopic (exact) mass is 571 g/mol. The van der Waals surface area contributed by atoms with Crippen molar-refractivity contribution >= 4 is 11.9 Å². The molecular formula is C32H33N3O7. The molecule has 218 valence electrons. The average Bonchev–Trinajstić information content (AvgIpc) is 3.04. The van der Waals surface area contributed by atoms with Gasteiger partial charge in [0, 0.05) is 18.8 Å². The van der Waals surface area contributed by atoms with Gasteiger partial charge in [-0.25, -0.2) is 14.8 Å². The van der Waals surface area contributed by atoms with Crippen LogP contribution in [-0.2, 0) is 36.1 Å². The topological polar surface area (TPSA) is 109 Å². The molecule has 4 rings (SSSR count). The van der Waals surface area contributed by atoms with Crippen LogP contribution in [0.25, 0.3) is 0 Å². The van der Waals surface area contributed by atoms with Crippen molar-refractivity contribution in [2.45, 2.75) is 25.2 Å². The van der Waals surface area contributed by atoms with Crippen LogP contribution in [0.4, 0.5) is 0 Å². The van der Waals surface area contributed by atoms with Crippen LogP contribution in [0, 0.1) is 6.92 Å². The van der Waals surface area contributed by atoms with Crippen molar-refractivity contribution in [3.8, 4) is 11.9 Å². The van der Waals surface area contributed by atoms with Crippen LogP contribution in [0.5, 0.6) is 11.9 Å². The van der Waals surface area contributed by atoms with Crippen LogP contribution in [0.2, 0.25) is 0 Å². The lowest BCUT2D eigenvalue weighted by Gasteiger charge is -2.39. The molecule has 0 bridgehead atoms. The SMILES string of the molecule is COc1cc(C)nc(OC(C(=O)OCc2ccccc2)C(OCC(=O)N(C)OC)(c2ccccc2)c2ccccc2)n1. The Kier molecular flexibility index (Phi) is 10.2. The normalized spacial score (nSPS) is 11.8. The van der Waals surface area contributed by atoms with Crippen LogP contribution in [-0.4, -0.2) is 60.9 Å². The predicted molar refractivity (Wildman–Crippen MR) is 153 cm³/mol. The number of nitrogens with zero attached hydrogens (tertiary/aromatic N) is 3. The van der Waals surface area contributed by atoms with Gasteiger partial charge in [0.15, 0.2) is 5.60 Å². The molecule has 1 amide bonds. The number of ether oxygens (including phenoxy) is 4. The van der Waals surface area contributed by atoms with E-state index in [1.54, 1.807) is 61.5 Å². The lowest BCUT2D eigenvalue weighted by Crippen LogP contribution is -2.53. The van der Waals surface area contributed by atoms with E-state index in [0.717, 1.165) is 10.6 Å². The van der Waals surface area contributed by atoms with Gasteiger partial charge in [-0.2, -0.15) is 4.98 Å². The number of amides is 1. The third-order valence-corrected chi connectivity index (χ3v) is 6.50. The molecule has 1 aromatic heterocycles. The second-order valence-electron chi connectivity index (χ2n) is 9.26. The van der Waals surface area contributed by atoms with Crippen LogP contribution < -0.4 is 9.47 Å².